The van der Waals surface area contributed by atoms with E-state index in [0.29, 0.717) is 5.82 Å². The zero-order valence-electron chi connectivity index (χ0n) is 6.94. The Morgan fingerprint density at radius 1 is 1.58 bits per heavy atom. The summed E-state index contributed by atoms with van der Waals surface area (Å²) in [5, 5.41) is 9.18. The van der Waals surface area contributed by atoms with Crippen molar-refractivity contribution in [3.8, 4) is 0 Å². The predicted octanol–water partition coefficient (Wildman–Crippen LogP) is 0.0444. The molecule has 1 aromatic rings. The lowest BCUT2D eigenvalue weighted by molar-refractivity contribution is 0.164. The molecular formula is C8H13N3O. The van der Waals surface area contributed by atoms with E-state index >= 15 is 0 Å². The summed E-state index contributed by atoms with van der Waals surface area (Å²) in [5.74, 6) is 0.420. The molecule has 0 fully saturated rings. The van der Waals surface area contributed by atoms with E-state index < -0.39 is 12.1 Å². The van der Waals surface area contributed by atoms with Crippen molar-refractivity contribution in [1.29, 1.82) is 0 Å². The summed E-state index contributed by atoms with van der Waals surface area (Å²) in [6, 6.07) is 3.01. The van der Waals surface area contributed by atoms with E-state index in [1.807, 2.05) is 0 Å². The van der Waals surface area contributed by atoms with Crippen LogP contribution in [-0.4, -0.2) is 16.2 Å². The second-order valence-corrected chi connectivity index (χ2v) is 2.78. The van der Waals surface area contributed by atoms with E-state index in [-0.39, 0.29) is 0 Å². The fourth-order valence-electron chi connectivity index (χ4n) is 0.951. The van der Waals surface area contributed by atoms with E-state index in [1.54, 1.807) is 25.3 Å². The molecule has 0 aliphatic rings. The zero-order chi connectivity index (χ0) is 9.14. The van der Waals surface area contributed by atoms with E-state index in [9.17, 15) is 5.11 Å². The number of nitrogens with two attached hydrogens (primary N) is 2. The maximum Gasteiger partial charge on any atom is 0.123 e. The van der Waals surface area contributed by atoms with Crippen molar-refractivity contribution < 1.29 is 5.11 Å². The number of nitrogen functional groups attached to an aromatic ring is 1. The molecular weight excluding hydrogens is 154 g/mol. The number of anilines is 1. The van der Waals surface area contributed by atoms with Gasteiger partial charge in [-0.2, -0.15) is 0 Å². The first-order chi connectivity index (χ1) is 5.61. The second-order valence-electron chi connectivity index (χ2n) is 2.78. The first-order valence-electron chi connectivity index (χ1n) is 3.76. The smallest absolute Gasteiger partial charge is 0.123 e. The van der Waals surface area contributed by atoms with Gasteiger partial charge >= 0.3 is 0 Å². The highest BCUT2D eigenvalue weighted by Gasteiger charge is 2.11. The van der Waals surface area contributed by atoms with Gasteiger partial charge in [-0.3, -0.25) is 0 Å². The molecule has 66 valence electrons. The third-order valence-electron chi connectivity index (χ3n) is 1.71. The van der Waals surface area contributed by atoms with Crippen LogP contribution in [0.15, 0.2) is 18.3 Å². The van der Waals surface area contributed by atoms with Crippen molar-refractivity contribution in [3.05, 3.63) is 23.9 Å². The molecule has 0 unspecified atom stereocenters. The molecule has 4 heteroatoms. The summed E-state index contributed by atoms with van der Waals surface area (Å²) in [7, 11) is 0. The van der Waals surface area contributed by atoms with Crippen molar-refractivity contribution >= 4 is 5.82 Å². The van der Waals surface area contributed by atoms with Crippen LogP contribution in [0.3, 0.4) is 0 Å². The lowest BCUT2D eigenvalue weighted by Crippen LogP contribution is -2.23. The molecule has 1 aromatic heterocycles. The van der Waals surface area contributed by atoms with Gasteiger partial charge in [0.2, 0.25) is 0 Å². The Hall–Kier alpha value is -1.13. The quantitative estimate of drug-likeness (QED) is 0.580. The summed E-state index contributed by atoms with van der Waals surface area (Å²) in [6.07, 6.45) is 0.999. The van der Waals surface area contributed by atoms with Crippen LogP contribution in [0.1, 0.15) is 18.5 Å². The Morgan fingerprint density at radius 3 is 2.75 bits per heavy atom. The van der Waals surface area contributed by atoms with Gasteiger partial charge in [0.1, 0.15) is 5.82 Å². The van der Waals surface area contributed by atoms with E-state index in [1.165, 1.54) is 0 Å². The number of pyridine rings is 1. The normalized spacial score (nSPS) is 15.6. The van der Waals surface area contributed by atoms with Gasteiger partial charge in [0.05, 0.1) is 12.1 Å². The molecule has 0 saturated carbocycles. The maximum atomic E-state index is 9.18. The number of nitrogens with zero attached hydrogens (tertiary/aromatic N) is 1. The molecule has 0 spiro atoms. The van der Waals surface area contributed by atoms with E-state index in [2.05, 4.69) is 4.98 Å². The molecule has 4 nitrogen and oxygen atoms in total. The predicted molar refractivity (Wildman–Crippen MR) is 47.3 cm³/mol. The minimum Gasteiger partial charge on any atom is -0.391 e. The van der Waals surface area contributed by atoms with Gasteiger partial charge in [-0.25, -0.2) is 4.98 Å². The first-order valence-corrected chi connectivity index (χ1v) is 3.76. The molecule has 1 rings (SSSR count). The van der Waals surface area contributed by atoms with E-state index in [4.69, 9.17) is 11.5 Å². The lowest BCUT2D eigenvalue weighted by Gasteiger charge is -2.14. The molecule has 0 saturated heterocycles. The van der Waals surface area contributed by atoms with E-state index in [0.717, 1.165) is 5.56 Å². The van der Waals surface area contributed by atoms with Gasteiger partial charge in [-0.15, -0.1) is 0 Å². The third-order valence-corrected chi connectivity index (χ3v) is 1.71. The number of rotatable bonds is 2. The summed E-state index contributed by atoms with van der Waals surface area (Å²) >= 11 is 0. The van der Waals surface area contributed by atoms with Gasteiger partial charge in [0, 0.05) is 6.20 Å². The molecule has 0 aliphatic carbocycles. The fraction of sp³-hybridized carbons (Fsp3) is 0.375. The molecule has 0 amide bonds. The summed E-state index contributed by atoms with van der Waals surface area (Å²) in [5.41, 5.74) is 11.9. The summed E-state index contributed by atoms with van der Waals surface area (Å²) in [4.78, 5) is 3.82. The van der Waals surface area contributed by atoms with Gasteiger partial charge in [0.25, 0.3) is 0 Å². The third kappa shape index (κ3) is 1.93. The minimum atomic E-state index is -0.577. The monoisotopic (exact) mass is 167 g/mol. The van der Waals surface area contributed by atoms with Crippen LogP contribution < -0.4 is 11.5 Å². The molecule has 5 N–H and O–H groups in total. The first kappa shape index (κ1) is 8.96. The molecule has 1 heterocycles. The SMILES string of the molecule is C[C@H](O)[C@@H](N)c1ccnc(N)c1. The molecule has 0 radical (unpaired) electrons. The van der Waals surface area contributed by atoms with Crippen molar-refractivity contribution in [3.63, 3.8) is 0 Å². The minimum absolute atomic E-state index is 0.393. The Morgan fingerprint density at radius 2 is 2.25 bits per heavy atom. The fourth-order valence-corrected chi connectivity index (χ4v) is 0.951. The number of aromatic nitrogens is 1. The van der Waals surface area contributed by atoms with Gasteiger partial charge < -0.3 is 16.6 Å². The molecule has 0 aliphatic heterocycles. The Balaban J connectivity index is 2.88. The van der Waals surface area contributed by atoms with Crippen molar-refractivity contribution in [2.24, 2.45) is 5.73 Å². The number of hydrogen-bond donors (Lipinski definition) is 3. The highest BCUT2D eigenvalue weighted by Crippen LogP contribution is 2.14. The Labute approximate surface area is 71.2 Å². The van der Waals surface area contributed by atoms with Crippen LogP contribution in [-0.2, 0) is 0 Å². The van der Waals surface area contributed by atoms with Crippen LogP contribution in [0.5, 0.6) is 0 Å². The Bertz CT molecular complexity index is 262. The summed E-state index contributed by atoms with van der Waals surface area (Å²) in [6.45, 7) is 1.64. The number of hydrogen-bond acceptors (Lipinski definition) is 4. The van der Waals surface area contributed by atoms with Gasteiger partial charge in [0.15, 0.2) is 0 Å². The van der Waals surface area contributed by atoms with Crippen molar-refractivity contribution in [2.75, 3.05) is 5.73 Å². The van der Waals surface area contributed by atoms with Crippen LogP contribution in [0.2, 0.25) is 0 Å². The lowest BCUT2D eigenvalue weighted by atomic mass is 10.1. The zero-order valence-corrected chi connectivity index (χ0v) is 6.94. The van der Waals surface area contributed by atoms with Crippen molar-refractivity contribution in [1.82, 2.24) is 4.98 Å². The highest BCUT2D eigenvalue weighted by molar-refractivity contribution is 5.33. The van der Waals surface area contributed by atoms with Gasteiger partial charge in [-0.1, -0.05) is 0 Å². The second kappa shape index (κ2) is 3.51. The number of aliphatic hydroxyl groups is 1. The topological polar surface area (TPSA) is 85.2 Å². The molecule has 0 aromatic carbocycles. The Kier molecular flexibility index (Phi) is 2.62. The average Bonchev–Trinajstić information content (AvgIpc) is 2.03. The molecule has 2 atom stereocenters. The highest BCUT2D eigenvalue weighted by atomic mass is 16.3. The van der Waals surface area contributed by atoms with Crippen molar-refractivity contribution in [2.45, 2.75) is 19.1 Å². The maximum absolute atomic E-state index is 9.18. The largest absolute Gasteiger partial charge is 0.391 e. The van der Waals surface area contributed by atoms with Crippen LogP contribution in [0.4, 0.5) is 5.82 Å². The van der Waals surface area contributed by atoms with Crippen LogP contribution in [0, 0.1) is 0 Å². The van der Waals surface area contributed by atoms with Crippen LogP contribution >= 0.6 is 0 Å². The summed E-state index contributed by atoms with van der Waals surface area (Å²) < 4.78 is 0. The van der Waals surface area contributed by atoms with Gasteiger partial charge in [-0.05, 0) is 24.6 Å². The standard InChI is InChI=1S/C8H13N3O/c1-5(12)8(10)6-2-3-11-7(9)4-6/h2-5,8,12H,10H2,1H3,(H2,9,11)/t5-,8+/m0/s1. The average molecular weight is 167 g/mol. The van der Waals surface area contributed by atoms with Crippen LogP contribution in [0.25, 0.3) is 0 Å². The molecule has 0 bridgehead atoms. The molecule has 12 heavy (non-hydrogen) atoms. The number of aliphatic hydroxyl groups excluding tert-OH is 1.